The molecule has 0 aliphatic carbocycles. The summed E-state index contributed by atoms with van der Waals surface area (Å²) >= 11 is 1.54. The molecule has 1 saturated heterocycles. The first-order valence-electron chi connectivity index (χ1n) is 9.56. The molecule has 4 heterocycles. The van der Waals surface area contributed by atoms with E-state index in [1.54, 1.807) is 35.4 Å². The van der Waals surface area contributed by atoms with E-state index in [0.717, 1.165) is 20.2 Å². The molecule has 3 aromatic heterocycles. The van der Waals surface area contributed by atoms with Gasteiger partial charge >= 0.3 is 0 Å². The summed E-state index contributed by atoms with van der Waals surface area (Å²) in [6.45, 7) is 2.15. The predicted octanol–water partition coefficient (Wildman–Crippen LogP) is 1.04. The lowest BCUT2D eigenvalue weighted by molar-refractivity contribution is -0.132. The van der Waals surface area contributed by atoms with Crippen molar-refractivity contribution in [2.75, 3.05) is 31.1 Å². The number of anilines is 1. The van der Waals surface area contributed by atoms with Crippen LogP contribution in [0.2, 0.25) is 0 Å². The lowest BCUT2D eigenvalue weighted by atomic mass is 10.2. The van der Waals surface area contributed by atoms with E-state index >= 15 is 0 Å². The number of benzene rings is 1. The number of aromatic amines is 1. The second kappa shape index (κ2) is 7.38. The zero-order valence-corrected chi connectivity index (χ0v) is 16.8. The van der Waals surface area contributed by atoms with Crippen molar-refractivity contribution in [1.29, 1.82) is 0 Å². The number of fused-ring (bicyclic) bond motifs is 2. The quantitative estimate of drug-likeness (QED) is 0.529. The Morgan fingerprint density at radius 1 is 1.03 bits per heavy atom. The molecule has 0 spiro atoms. The van der Waals surface area contributed by atoms with Gasteiger partial charge in [0, 0.05) is 32.4 Å². The Balaban J connectivity index is 1.29. The van der Waals surface area contributed by atoms with Gasteiger partial charge in [0.2, 0.25) is 5.91 Å². The van der Waals surface area contributed by atoms with Gasteiger partial charge in [0.1, 0.15) is 16.9 Å². The Morgan fingerprint density at radius 3 is 2.57 bits per heavy atom. The Morgan fingerprint density at radius 2 is 1.80 bits per heavy atom. The maximum absolute atomic E-state index is 12.8. The van der Waals surface area contributed by atoms with Crippen LogP contribution in [0.3, 0.4) is 0 Å². The zero-order chi connectivity index (χ0) is 20.7. The smallest absolute Gasteiger partial charge is 0.273 e. The largest absolute Gasteiger partial charge is 0.344 e. The predicted molar refractivity (Wildman–Crippen MR) is 115 cm³/mol. The van der Waals surface area contributed by atoms with E-state index in [-0.39, 0.29) is 23.6 Å². The molecule has 5 rings (SSSR count). The molecule has 0 radical (unpaired) electrons. The molecule has 1 aliphatic rings. The molecular weight excluding hydrogens is 404 g/mol. The lowest BCUT2D eigenvalue weighted by Crippen LogP contribution is -2.50. The summed E-state index contributed by atoms with van der Waals surface area (Å²) in [6, 6.07) is 10.4. The minimum absolute atomic E-state index is 0.191. The Kier molecular flexibility index (Phi) is 4.55. The summed E-state index contributed by atoms with van der Waals surface area (Å²) in [5.41, 5.74) is 0.113. The SMILES string of the molecule is O=C(Cn1[nH]c(=O)c2ccccc2c1=O)N1CCN(c2nc3cccnc3s2)CC1. The van der Waals surface area contributed by atoms with E-state index in [2.05, 4.69) is 20.0 Å². The van der Waals surface area contributed by atoms with Crippen LogP contribution in [0.25, 0.3) is 21.1 Å². The van der Waals surface area contributed by atoms with Crippen molar-refractivity contribution in [3.8, 4) is 0 Å². The molecule has 1 N–H and O–H groups in total. The fraction of sp³-hybridized carbons (Fsp3) is 0.250. The van der Waals surface area contributed by atoms with Crippen LogP contribution < -0.4 is 16.0 Å². The lowest BCUT2D eigenvalue weighted by Gasteiger charge is -2.34. The van der Waals surface area contributed by atoms with Crippen LogP contribution in [0, 0.1) is 0 Å². The molecule has 152 valence electrons. The van der Waals surface area contributed by atoms with Crippen LogP contribution in [-0.2, 0) is 11.3 Å². The number of rotatable bonds is 3. The Labute approximate surface area is 174 Å². The van der Waals surface area contributed by atoms with E-state index in [4.69, 9.17) is 0 Å². The van der Waals surface area contributed by atoms with Gasteiger partial charge in [-0.2, -0.15) is 0 Å². The summed E-state index contributed by atoms with van der Waals surface area (Å²) in [6.07, 6.45) is 1.75. The van der Waals surface area contributed by atoms with Crippen molar-refractivity contribution in [3.05, 3.63) is 63.3 Å². The molecule has 4 aromatic rings. The highest BCUT2D eigenvalue weighted by molar-refractivity contribution is 7.21. The summed E-state index contributed by atoms with van der Waals surface area (Å²) < 4.78 is 1.10. The monoisotopic (exact) mass is 422 g/mol. The fourth-order valence-electron chi connectivity index (χ4n) is 3.63. The number of nitrogens with one attached hydrogen (secondary N) is 1. The molecule has 30 heavy (non-hydrogen) atoms. The van der Waals surface area contributed by atoms with Crippen LogP contribution in [0.4, 0.5) is 5.13 Å². The number of nitrogens with zero attached hydrogens (tertiary/aromatic N) is 5. The summed E-state index contributed by atoms with van der Waals surface area (Å²) in [4.78, 5) is 51.3. The van der Waals surface area contributed by atoms with Gasteiger partial charge in [0.25, 0.3) is 11.1 Å². The third-order valence-electron chi connectivity index (χ3n) is 5.24. The Hall–Kier alpha value is -3.53. The minimum atomic E-state index is -0.382. The third kappa shape index (κ3) is 3.24. The number of hydrogen-bond donors (Lipinski definition) is 1. The van der Waals surface area contributed by atoms with Crippen molar-refractivity contribution in [2.24, 2.45) is 0 Å². The number of hydrogen-bond acceptors (Lipinski definition) is 7. The molecule has 10 heteroatoms. The highest BCUT2D eigenvalue weighted by Crippen LogP contribution is 2.27. The van der Waals surface area contributed by atoms with Gasteiger partial charge in [0.05, 0.1) is 10.8 Å². The summed E-state index contributed by atoms with van der Waals surface area (Å²) in [5, 5.41) is 4.04. The maximum atomic E-state index is 12.8. The molecule has 9 nitrogen and oxygen atoms in total. The van der Waals surface area contributed by atoms with Gasteiger partial charge in [-0.3, -0.25) is 19.5 Å². The second-order valence-corrected chi connectivity index (χ2v) is 8.03. The topological polar surface area (TPSA) is 104 Å². The van der Waals surface area contributed by atoms with E-state index in [0.29, 0.717) is 37.0 Å². The second-order valence-electron chi connectivity index (χ2n) is 7.07. The Bertz CT molecular complexity index is 1330. The van der Waals surface area contributed by atoms with Crippen molar-refractivity contribution < 1.29 is 4.79 Å². The molecule has 1 fully saturated rings. The number of pyridine rings is 1. The van der Waals surface area contributed by atoms with Crippen molar-refractivity contribution >= 4 is 43.5 Å². The maximum Gasteiger partial charge on any atom is 0.273 e. The molecule has 1 amide bonds. The highest BCUT2D eigenvalue weighted by Gasteiger charge is 2.24. The van der Waals surface area contributed by atoms with Crippen molar-refractivity contribution in [1.82, 2.24) is 24.6 Å². The van der Waals surface area contributed by atoms with Crippen LogP contribution >= 0.6 is 11.3 Å². The van der Waals surface area contributed by atoms with E-state index in [1.807, 2.05) is 12.1 Å². The number of amides is 1. The molecule has 1 aromatic carbocycles. The third-order valence-corrected chi connectivity index (χ3v) is 6.28. The van der Waals surface area contributed by atoms with Crippen molar-refractivity contribution in [3.63, 3.8) is 0 Å². The summed E-state index contributed by atoms with van der Waals surface area (Å²) in [5.74, 6) is -0.200. The minimum Gasteiger partial charge on any atom is -0.344 e. The average molecular weight is 422 g/mol. The number of carbonyl (C=O) groups excluding carboxylic acids is 1. The van der Waals surface area contributed by atoms with Crippen LogP contribution in [-0.4, -0.2) is 56.7 Å². The first-order valence-corrected chi connectivity index (χ1v) is 10.4. The molecule has 0 atom stereocenters. The standard InChI is InChI=1S/C20H18N6O3S/c27-16(12-26-19(29)14-5-2-1-4-13(14)17(28)23-26)24-8-10-25(11-9-24)20-22-15-6-3-7-21-18(15)30-20/h1-7H,8-12H2,(H,23,28). The molecule has 0 bridgehead atoms. The van der Waals surface area contributed by atoms with Gasteiger partial charge in [-0.1, -0.05) is 23.5 Å². The highest BCUT2D eigenvalue weighted by atomic mass is 32.1. The van der Waals surface area contributed by atoms with E-state index in [9.17, 15) is 14.4 Å². The van der Waals surface area contributed by atoms with E-state index in [1.165, 1.54) is 11.3 Å². The van der Waals surface area contributed by atoms with E-state index < -0.39 is 0 Å². The van der Waals surface area contributed by atoms with Crippen LogP contribution in [0.5, 0.6) is 0 Å². The molecular formula is C20H18N6O3S. The zero-order valence-electron chi connectivity index (χ0n) is 15.9. The average Bonchev–Trinajstić information content (AvgIpc) is 3.22. The molecule has 0 unspecified atom stereocenters. The molecule has 0 saturated carbocycles. The number of piperazine rings is 1. The first-order chi connectivity index (χ1) is 14.6. The molecule has 1 aliphatic heterocycles. The van der Waals surface area contributed by atoms with Crippen LogP contribution in [0.1, 0.15) is 0 Å². The van der Waals surface area contributed by atoms with Crippen molar-refractivity contribution in [2.45, 2.75) is 6.54 Å². The fourth-order valence-corrected chi connectivity index (χ4v) is 4.59. The first kappa shape index (κ1) is 18.5. The number of H-pyrrole nitrogens is 1. The van der Waals surface area contributed by atoms with Gasteiger partial charge in [0.15, 0.2) is 5.13 Å². The van der Waals surface area contributed by atoms with Gasteiger partial charge in [-0.25, -0.2) is 14.6 Å². The van der Waals surface area contributed by atoms with Gasteiger partial charge < -0.3 is 9.80 Å². The number of aromatic nitrogens is 4. The van der Waals surface area contributed by atoms with Crippen LogP contribution in [0.15, 0.2) is 52.2 Å². The normalized spacial score (nSPS) is 14.5. The van der Waals surface area contributed by atoms with Gasteiger partial charge in [-0.15, -0.1) is 0 Å². The summed E-state index contributed by atoms with van der Waals surface area (Å²) in [7, 11) is 0. The number of thiazole rings is 1. The van der Waals surface area contributed by atoms with Gasteiger partial charge in [-0.05, 0) is 24.3 Å². The number of carbonyl (C=O) groups is 1.